The molecule has 1 N–H and O–H groups in total. The first-order valence-electron chi connectivity index (χ1n) is 5.34. The Labute approximate surface area is 95.8 Å². The van der Waals surface area contributed by atoms with Crippen LogP contribution in [0.1, 0.15) is 19.4 Å². The molecule has 0 aliphatic carbocycles. The van der Waals surface area contributed by atoms with E-state index in [4.69, 9.17) is 4.74 Å². The minimum atomic E-state index is -0.744. The smallest absolute Gasteiger partial charge is 0.327 e. The van der Waals surface area contributed by atoms with E-state index in [1.807, 2.05) is 12.4 Å². The van der Waals surface area contributed by atoms with Gasteiger partial charge in [-0.1, -0.05) is 6.92 Å². The van der Waals surface area contributed by atoms with E-state index in [9.17, 15) is 4.79 Å². The lowest BCUT2D eigenvalue weighted by atomic mass is 10.0. The molecule has 1 unspecified atom stereocenters. The molecule has 0 aromatic carbocycles. The Balaban J connectivity index is 2.80. The average Bonchev–Trinajstić information content (AvgIpc) is 2.75. The van der Waals surface area contributed by atoms with E-state index in [1.54, 1.807) is 18.7 Å². The van der Waals surface area contributed by atoms with E-state index in [0.29, 0.717) is 6.54 Å². The summed E-state index contributed by atoms with van der Waals surface area (Å²) in [5.74, 6) is -0.288. The first-order valence-corrected chi connectivity index (χ1v) is 5.34. The summed E-state index contributed by atoms with van der Waals surface area (Å²) in [6.07, 6.45) is 4.69. The number of esters is 1. The van der Waals surface area contributed by atoms with Crippen molar-refractivity contribution >= 4 is 5.97 Å². The SMILES string of the molecule is CCc1cnn(CC(C)(NC)C(=O)OC)c1. The molecule has 0 radical (unpaired) electrons. The van der Waals surface area contributed by atoms with Gasteiger partial charge in [0.05, 0.1) is 19.9 Å². The Morgan fingerprint density at radius 2 is 2.38 bits per heavy atom. The number of nitrogens with zero attached hydrogens (tertiary/aromatic N) is 2. The van der Waals surface area contributed by atoms with Crippen LogP contribution in [-0.2, 0) is 22.5 Å². The summed E-state index contributed by atoms with van der Waals surface area (Å²) in [6.45, 7) is 4.32. The first kappa shape index (κ1) is 12.7. The molecular weight excluding hydrogens is 206 g/mol. The predicted molar refractivity (Wildman–Crippen MR) is 61.1 cm³/mol. The van der Waals surface area contributed by atoms with Gasteiger partial charge < -0.3 is 10.1 Å². The molecule has 1 atom stereocenters. The van der Waals surface area contributed by atoms with Crippen molar-refractivity contribution in [1.29, 1.82) is 0 Å². The van der Waals surface area contributed by atoms with Crippen LogP contribution >= 0.6 is 0 Å². The van der Waals surface area contributed by atoms with Gasteiger partial charge in [-0.2, -0.15) is 5.10 Å². The van der Waals surface area contributed by atoms with Gasteiger partial charge >= 0.3 is 5.97 Å². The van der Waals surface area contributed by atoms with Gasteiger partial charge in [-0.25, -0.2) is 4.79 Å². The highest BCUT2D eigenvalue weighted by molar-refractivity contribution is 5.80. The largest absolute Gasteiger partial charge is 0.468 e. The topological polar surface area (TPSA) is 56.2 Å². The van der Waals surface area contributed by atoms with Crippen LogP contribution in [0, 0.1) is 0 Å². The third-order valence-electron chi connectivity index (χ3n) is 2.76. The molecule has 0 saturated carbocycles. The lowest BCUT2D eigenvalue weighted by Crippen LogP contribution is -2.51. The van der Waals surface area contributed by atoms with Crippen molar-refractivity contribution in [2.24, 2.45) is 0 Å². The normalized spacial score (nSPS) is 14.5. The number of carbonyl (C=O) groups is 1. The van der Waals surface area contributed by atoms with E-state index in [-0.39, 0.29) is 5.97 Å². The van der Waals surface area contributed by atoms with Crippen LogP contribution in [0.2, 0.25) is 0 Å². The highest BCUT2D eigenvalue weighted by atomic mass is 16.5. The molecule has 5 nitrogen and oxygen atoms in total. The fraction of sp³-hybridized carbons (Fsp3) is 0.636. The summed E-state index contributed by atoms with van der Waals surface area (Å²) in [6, 6.07) is 0. The van der Waals surface area contributed by atoms with Crippen molar-refractivity contribution in [2.45, 2.75) is 32.4 Å². The quantitative estimate of drug-likeness (QED) is 0.745. The Bertz CT molecular complexity index is 362. The van der Waals surface area contributed by atoms with Gasteiger partial charge in [-0.05, 0) is 26.0 Å². The van der Waals surface area contributed by atoms with Crippen molar-refractivity contribution in [3.05, 3.63) is 18.0 Å². The Kier molecular flexibility index (Phi) is 4.06. The molecule has 0 amide bonds. The number of methoxy groups -OCH3 is 1. The van der Waals surface area contributed by atoms with Gasteiger partial charge in [0.25, 0.3) is 0 Å². The molecule has 0 saturated heterocycles. The van der Waals surface area contributed by atoms with E-state index in [2.05, 4.69) is 17.3 Å². The molecule has 0 bridgehead atoms. The maximum absolute atomic E-state index is 11.6. The van der Waals surface area contributed by atoms with Gasteiger partial charge in [0.1, 0.15) is 5.54 Å². The molecule has 5 heteroatoms. The lowest BCUT2D eigenvalue weighted by Gasteiger charge is -2.25. The van der Waals surface area contributed by atoms with Crippen molar-refractivity contribution in [2.75, 3.05) is 14.2 Å². The number of ether oxygens (including phenoxy) is 1. The van der Waals surface area contributed by atoms with Crippen molar-refractivity contribution in [1.82, 2.24) is 15.1 Å². The van der Waals surface area contributed by atoms with E-state index >= 15 is 0 Å². The van der Waals surface area contributed by atoms with Crippen LogP contribution in [-0.4, -0.2) is 35.4 Å². The van der Waals surface area contributed by atoms with Crippen LogP contribution < -0.4 is 5.32 Å². The summed E-state index contributed by atoms with van der Waals surface area (Å²) in [7, 11) is 3.12. The van der Waals surface area contributed by atoms with E-state index in [0.717, 1.165) is 12.0 Å². The minimum absolute atomic E-state index is 0.288. The first-order chi connectivity index (χ1) is 7.55. The zero-order valence-corrected chi connectivity index (χ0v) is 10.3. The monoisotopic (exact) mass is 225 g/mol. The summed E-state index contributed by atoms with van der Waals surface area (Å²) < 4.78 is 6.53. The number of aromatic nitrogens is 2. The van der Waals surface area contributed by atoms with Gasteiger partial charge in [0, 0.05) is 6.20 Å². The fourth-order valence-electron chi connectivity index (χ4n) is 1.47. The van der Waals surface area contributed by atoms with Crippen LogP contribution in [0.5, 0.6) is 0 Å². The second-order valence-corrected chi connectivity index (χ2v) is 3.97. The Morgan fingerprint density at radius 1 is 1.69 bits per heavy atom. The molecule has 0 spiro atoms. The van der Waals surface area contributed by atoms with Crippen molar-refractivity contribution in [3.63, 3.8) is 0 Å². The summed E-state index contributed by atoms with van der Waals surface area (Å²) in [5, 5.41) is 7.18. The maximum atomic E-state index is 11.6. The third kappa shape index (κ3) is 2.61. The number of likely N-dealkylation sites (N-methyl/N-ethyl adjacent to an activating group) is 1. The van der Waals surface area contributed by atoms with Gasteiger partial charge in [0.2, 0.25) is 0 Å². The third-order valence-corrected chi connectivity index (χ3v) is 2.76. The van der Waals surface area contributed by atoms with E-state index < -0.39 is 5.54 Å². The second kappa shape index (κ2) is 5.12. The van der Waals surface area contributed by atoms with E-state index in [1.165, 1.54) is 7.11 Å². The minimum Gasteiger partial charge on any atom is -0.468 e. The fourth-order valence-corrected chi connectivity index (χ4v) is 1.47. The summed E-state index contributed by atoms with van der Waals surface area (Å²) >= 11 is 0. The van der Waals surface area contributed by atoms with Crippen LogP contribution in [0.25, 0.3) is 0 Å². The molecular formula is C11H19N3O2. The van der Waals surface area contributed by atoms with Crippen molar-refractivity contribution in [3.8, 4) is 0 Å². The lowest BCUT2D eigenvalue weighted by molar-refractivity contribution is -0.148. The van der Waals surface area contributed by atoms with Gasteiger partial charge in [0.15, 0.2) is 0 Å². The Morgan fingerprint density at radius 3 is 2.81 bits per heavy atom. The second-order valence-electron chi connectivity index (χ2n) is 3.97. The molecule has 90 valence electrons. The van der Waals surface area contributed by atoms with Crippen LogP contribution in [0.3, 0.4) is 0 Å². The Hall–Kier alpha value is -1.36. The summed E-state index contributed by atoms with van der Waals surface area (Å²) in [5.41, 5.74) is 0.412. The van der Waals surface area contributed by atoms with Crippen LogP contribution in [0.15, 0.2) is 12.4 Å². The molecule has 0 aliphatic heterocycles. The molecule has 1 aromatic heterocycles. The number of hydrogen-bond donors (Lipinski definition) is 1. The molecule has 1 aromatic rings. The molecule has 1 rings (SSSR count). The zero-order chi connectivity index (χ0) is 12.2. The van der Waals surface area contributed by atoms with Crippen LogP contribution in [0.4, 0.5) is 0 Å². The highest BCUT2D eigenvalue weighted by Crippen LogP contribution is 2.10. The zero-order valence-electron chi connectivity index (χ0n) is 10.3. The predicted octanol–water partition coefficient (Wildman–Crippen LogP) is 0.597. The number of aryl methyl sites for hydroxylation is 1. The molecule has 0 aliphatic rings. The molecule has 16 heavy (non-hydrogen) atoms. The van der Waals surface area contributed by atoms with Gasteiger partial charge in [-0.3, -0.25) is 4.68 Å². The number of rotatable bonds is 5. The number of nitrogens with one attached hydrogen (secondary N) is 1. The van der Waals surface area contributed by atoms with Crippen molar-refractivity contribution < 1.29 is 9.53 Å². The maximum Gasteiger partial charge on any atom is 0.327 e. The highest BCUT2D eigenvalue weighted by Gasteiger charge is 2.33. The molecule has 1 heterocycles. The number of hydrogen-bond acceptors (Lipinski definition) is 4. The summed E-state index contributed by atoms with van der Waals surface area (Å²) in [4.78, 5) is 11.6. The number of carbonyl (C=O) groups excluding carboxylic acids is 1. The van der Waals surface area contributed by atoms with Gasteiger partial charge in [-0.15, -0.1) is 0 Å². The molecule has 0 fully saturated rings. The standard InChI is InChI=1S/C11H19N3O2/c1-5-9-6-13-14(7-9)8-11(2,12-3)10(15)16-4/h6-7,12H,5,8H2,1-4H3. The average molecular weight is 225 g/mol.